The molecule has 1 heterocycles. The van der Waals surface area contributed by atoms with Crippen molar-refractivity contribution < 1.29 is 8.42 Å². The van der Waals surface area contributed by atoms with Crippen molar-refractivity contribution >= 4 is 10.0 Å². The lowest BCUT2D eigenvalue weighted by molar-refractivity contribution is 0.130. The third kappa shape index (κ3) is 4.53. The lowest BCUT2D eigenvalue weighted by atomic mass is 9.99. The van der Waals surface area contributed by atoms with E-state index in [0.29, 0.717) is 17.4 Å². The molecule has 0 aliphatic carbocycles. The predicted molar refractivity (Wildman–Crippen MR) is 85.7 cm³/mol. The molecule has 118 valence electrons. The van der Waals surface area contributed by atoms with Crippen LogP contribution in [0.4, 0.5) is 0 Å². The van der Waals surface area contributed by atoms with Gasteiger partial charge >= 0.3 is 0 Å². The third-order valence-electron chi connectivity index (χ3n) is 4.17. The molecule has 0 spiro atoms. The van der Waals surface area contributed by atoms with E-state index in [0.717, 1.165) is 13.1 Å². The summed E-state index contributed by atoms with van der Waals surface area (Å²) in [5.41, 5.74) is 0. The van der Waals surface area contributed by atoms with E-state index in [9.17, 15) is 8.42 Å². The Morgan fingerprint density at radius 1 is 1.10 bits per heavy atom. The molecule has 0 saturated carbocycles. The topological polar surface area (TPSA) is 49.4 Å². The predicted octanol–water partition coefficient (Wildman–Crippen LogP) is 2.48. The van der Waals surface area contributed by atoms with Crippen LogP contribution in [0.2, 0.25) is 0 Å². The zero-order valence-electron chi connectivity index (χ0n) is 13.0. The summed E-state index contributed by atoms with van der Waals surface area (Å²) in [5.74, 6) is 0.432. The summed E-state index contributed by atoms with van der Waals surface area (Å²) in [6, 6.07) is 8.85. The molecular weight excluding hydrogens is 284 g/mol. The van der Waals surface area contributed by atoms with Crippen molar-refractivity contribution in [2.45, 2.75) is 44.0 Å². The second kappa shape index (κ2) is 7.38. The lowest BCUT2D eigenvalue weighted by Gasteiger charge is -2.37. The van der Waals surface area contributed by atoms with Crippen molar-refractivity contribution in [1.29, 1.82) is 0 Å². The van der Waals surface area contributed by atoms with Crippen molar-refractivity contribution in [2.75, 3.05) is 19.6 Å². The maximum Gasteiger partial charge on any atom is 0.240 e. The van der Waals surface area contributed by atoms with Gasteiger partial charge in [0.2, 0.25) is 10.0 Å². The molecule has 1 N–H and O–H groups in total. The number of piperidine rings is 1. The Labute approximate surface area is 128 Å². The molecule has 1 fully saturated rings. The zero-order valence-corrected chi connectivity index (χ0v) is 13.8. The van der Waals surface area contributed by atoms with Crippen molar-refractivity contribution in [1.82, 2.24) is 9.62 Å². The molecule has 1 aliphatic heterocycles. The van der Waals surface area contributed by atoms with Gasteiger partial charge in [0, 0.05) is 12.6 Å². The smallest absolute Gasteiger partial charge is 0.240 e. The minimum atomic E-state index is -3.40. The van der Waals surface area contributed by atoms with E-state index in [1.165, 1.54) is 19.3 Å². The Balaban J connectivity index is 2.01. The van der Waals surface area contributed by atoms with Gasteiger partial charge in [-0.3, -0.25) is 4.90 Å². The minimum Gasteiger partial charge on any atom is -0.299 e. The first-order chi connectivity index (χ1) is 10.0. The van der Waals surface area contributed by atoms with Crippen LogP contribution in [-0.4, -0.2) is 39.0 Å². The standard InChI is InChI=1S/C16H26N2O2S/c1-14(2)16(18-11-7-4-8-12-18)13-17-21(19,20)15-9-5-3-6-10-15/h3,5-6,9-10,14,16-17H,4,7-8,11-13H2,1-2H3. The fraction of sp³-hybridized carbons (Fsp3) is 0.625. The van der Waals surface area contributed by atoms with Gasteiger partial charge in [0.05, 0.1) is 4.90 Å². The highest BCUT2D eigenvalue weighted by Crippen LogP contribution is 2.18. The van der Waals surface area contributed by atoms with E-state index >= 15 is 0 Å². The minimum absolute atomic E-state index is 0.267. The van der Waals surface area contributed by atoms with Crippen molar-refractivity contribution in [3.05, 3.63) is 30.3 Å². The highest BCUT2D eigenvalue weighted by molar-refractivity contribution is 7.89. The quantitative estimate of drug-likeness (QED) is 0.878. The average molecular weight is 310 g/mol. The van der Waals surface area contributed by atoms with Crippen LogP contribution in [0.3, 0.4) is 0 Å². The lowest BCUT2D eigenvalue weighted by Crippen LogP contribution is -2.48. The van der Waals surface area contributed by atoms with Crippen molar-refractivity contribution in [3.8, 4) is 0 Å². The van der Waals surface area contributed by atoms with E-state index in [1.807, 2.05) is 6.07 Å². The number of rotatable bonds is 6. The number of nitrogens with one attached hydrogen (secondary N) is 1. The number of benzene rings is 1. The van der Waals surface area contributed by atoms with Crippen LogP contribution in [0.1, 0.15) is 33.1 Å². The Kier molecular flexibility index (Phi) is 5.79. The Hall–Kier alpha value is -0.910. The molecule has 0 radical (unpaired) electrons. The largest absolute Gasteiger partial charge is 0.299 e. The SMILES string of the molecule is CC(C)C(CNS(=O)(=O)c1ccccc1)N1CCCCC1. The number of hydrogen-bond acceptors (Lipinski definition) is 3. The maximum atomic E-state index is 12.3. The van der Waals surface area contributed by atoms with Crippen LogP contribution >= 0.6 is 0 Å². The molecule has 0 amide bonds. The summed E-state index contributed by atoms with van der Waals surface area (Å²) in [6.45, 7) is 6.97. The van der Waals surface area contributed by atoms with E-state index in [-0.39, 0.29) is 6.04 Å². The Bertz CT molecular complexity index is 522. The van der Waals surface area contributed by atoms with E-state index in [4.69, 9.17) is 0 Å². The van der Waals surface area contributed by atoms with Gasteiger partial charge in [-0.05, 0) is 44.0 Å². The second-order valence-electron chi connectivity index (χ2n) is 6.07. The highest BCUT2D eigenvalue weighted by Gasteiger charge is 2.25. The molecule has 1 saturated heterocycles. The van der Waals surface area contributed by atoms with Gasteiger partial charge in [0.1, 0.15) is 0 Å². The summed E-state index contributed by atoms with van der Waals surface area (Å²) < 4.78 is 27.4. The summed E-state index contributed by atoms with van der Waals surface area (Å²) in [6.07, 6.45) is 3.72. The van der Waals surface area contributed by atoms with E-state index < -0.39 is 10.0 Å². The summed E-state index contributed by atoms with van der Waals surface area (Å²) in [5, 5.41) is 0. The number of nitrogens with zero attached hydrogens (tertiary/aromatic N) is 1. The fourth-order valence-corrected chi connectivity index (χ4v) is 3.99. The van der Waals surface area contributed by atoms with Crippen LogP contribution in [0.5, 0.6) is 0 Å². The first-order valence-electron chi connectivity index (χ1n) is 7.79. The van der Waals surface area contributed by atoms with Crippen LogP contribution in [-0.2, 0) is 10.0 Å². The van der Waals surface area contributed by atoms with Crippen LogP contribution in [0, 0.1) is 5.92 Å². The molecule has 21 heavy (non-hydrogen) atoms. The van der Waals surface area contributed by atoms with Crippen molar-refractivity contribution in [3.63, 3.8) is 0 Å². The second-order valence-corrected chi connectivity index (χ2v) is 7.84. The average Bonchev–Trinajstić information content (AvgIpc) is 2.49. The maximum absolute atomic E-state index is 12.3. The highest BCUT2D eigenvalue weighted by atomic mass is 32.2. The Morgan fingerprint density at radius 3 is 2.29 bits per heavy atom. The van der Waals surface area contributed by atoms with Gasteiger partial charge < -0.3 is 0 Å². The number of likely N-dealkylation sites (tertiary alicyclic amines) is 1. The molecule has 4 nitrogen and oxygen atoms in total. The van der Waals surface area contributed by atoms with E-state index in [1.54, 1.807) is 24.3 Å². The normalized spacial score (nSPS) is 18.8. The molecular formula is C16H26N2O2S. The van der Waals surface area contributed by atoms with Crippen LogP contribution in [0.25, 0.3) is 0 Å². The molecule has 5 heteroatoms. The summed E-state index contributed by atoms with van der Waals surface area (Å²) in [7, 11) is -3.40. The summed E-state index contributed by atoms with van der Waals surface area (Å²) in [4.78, 5) is 2.77. The van der Waals surface area contributed by atoms with Gasteiger partial charge in [0.25, 0.3) is 0 Å². The number of hydrogen-bond donors (Lipinski definition) is 1. The monoisotopic (exact) mass is 310 g/mol. The first-order valence-corrected chi connectivity index (χ1v) is 9.28. The molecule has 1 unspecified atom stereocenters. The molecule has 2 rings (SSSR count). The molecule has 1 aliphatic rings. The first kappa shape index (κ1) is 16.5. The van der Waals surface area contributed by atoms with Gasteiger partial charge in [-0.1, -0.05) is 38.5 Å². The van der Waals surface area contributed by atoms with Gasteiger partial charge in [-0.15, -0.1) is 0 Å². The number of sulfonamides is 1. The van der Waals surface area contributed by atoms with Crippen LogP contribution < -0.4 is 4.72 Å². The third-order valence-corrected chi connectivity index (χ3v) is 5.60. The molecule has 0 aromatic heterocycles. The van der Waals surface area contributed by atoms with Crippen molar-refractivity contribution in [2.24, 2.45) is 5.92 Å². The Morgan fingerprint density at radius 2 is 1.71 bits per heavy atom. The molecule has 0 bridgehead atoms. The summed E-state index contributed by atoms with van der Waals surface area (Å²) >= 11 is 0. The molecule has 1 aromatic rings. The van der Waals surface area contributed by atoms with Gasteiger partial charge in [-0.25, -0.2) is 13.1 Å². The fourth-order valence-electron chi connectivity index (χ4n) is 2.91. The van der Waals surface area contributed by atoms with Gasteiger partial charge in [-0.2, -0.15) is 0 Å². The van der Waals surface area contributed by atoms with Crippen LogP contribution in [0.15, 0.2) is 35.2 Å². The van der Waals surface area contributed by atoms with Gasteiger partial charge in [0.15, 0.2) is 0 Å². The zero-order chi connectivity index (χ0) is 15.3. The molecule has 1 aromatic carbocycles. The van der Waals surface area contributed by atoms with E-state index in [2.05, 4.69) is 23.5 Å². The molecule has 1 atom stereocenters.